The fourth-order valence-electron chi connectivity index (χ4n) is 1.65. The van der Waals surface area contributed by atoms with Crippen molar-refractivity contribution < 1.29 is 18.0 Å². The molecule has 0 amide bonds. The Labute approximate surface area is 68.9 Å². The summed E-state index contributed by atoms with van der Waals surface area (Å²) in [6.45, 7) is 1.69. The highest BCUT2D eigenvalue weighted by Gasteiger charge is 2.43. The van der Waals surface area contributed by atoms with E-state index < -0.39 is 12.1 Å². The highest BCUT2D eigenvalue weighted by Crippen LogP contribution is 2.38. The average Bonchev–Trinajstić information content (AvgIpc) is 1.82. The van der Waals surface area contributed by atoms with E-state index in [2.05, 4.69) is 0 Å². The number of halogens is 3. The van der Waals surface area contributed by atoms with Gasteiger partial charge >= 0.3 is 6.18 Å². The van der Waals surface area contributed by atoms with Gasteiger partial charge in [-0.2, -0.15) is 13.2 Å². The lowest BCUT2D eigenvalue weighted by Gasteiger charge is -2.27. The van der Waals surface area contributed by atoms with Crippen molar-refractivity contribution >= 4 is 5.78 Å². The summed E-state index contributed by atoms with van der Waals surface area (Å²) in [5, 5.41) is 0. The summed E-state index contributed by atoms with van der Waals surface area (Å²) in [6, 6.07) is 0. The fraction of sp³-hybridized carbons (Fsp3) is 0.875. The van der Waals surface area contributed by atoms with Crippen molar-refractivity contribution in [2.45, 2.75) is 32.4 Å². The van der Waals surface area contributed by atoms with Crippen LogP contribution in [0.25, 0.3) is 0 Å². The Balaban J connectivity index is 2.62. The molecule has 0 aromatic heterocycles. The Morgan fingerprint density at radius 1 is 1.33 bits per heavy atom. The van der Waals surface area contributed by atoms with Crippen molar-refractivity contribution in [2.75, 3.05) is 0 Å². The van der Waals surface area contributed by atoms with Crippen LogP contribution in [0.5, 0.6) is 0 Å². The first kappa shape index (κ1) is 9.55. The third kappa shape index (κ3) is 2.22. The SMILES string of the molecule is C[C@@H]1CC(=O)C[C@H](C(F)(F)F)C1. The summed E-state index contributed by atoms with van der Waals surface area (Å²) in [7, 11) is 0. The van der Waals surface area contributed by atoms with Gasteiger partial charge in [0.05, 0.1) is 5.92 Å². The van der Waals surface area contributed by atoms with E-state index in [0.29, 0.717) is 6.42 Å². The lowest BCUT2D eigenvalue weighted by atomic mass is 9.81. The van der Waals surface area contributed by atoms with Crippen LogP contribution in [0.15, 0.2) is 0 Å². The highest BCUT2D eigenvalue weighted by atomic mass is 19.4. The fourth-order valence-corrected chi connectivity index (χ4v) is 1.65. The van der Waals surface area contributed by atoms with Gasteiger partial charge in [-0.05, 0) is 12.3 Å². The first-order chi connectivity index (χ1) is 5.39. The molecule has 0 unspecified atom stereocenters. The van der Waals surface area contributed by atoms with Crippen molar-refractivity contribution in [3.63, 3.8) is 0 Å². The van der Waals surface area contributed by atoms with E-state index in [1.807, 2.05) is 0 Å². The predicted octanol–water partition coefficient (Wildman–Crippen LogP) is 2.55. The van der Waals surface area contributed by atoms with Crippen molar-refractivity contribution in [1.29, 1.82) is 0 Å². The Bertz CT molecular complexity index is 185. The number of ketones is 1. The zero-order chi connectivity index (χ0) is 9.35. The molecule has 1 aliphatic rings. The molecule has 0 aromatic carbocycles. The molecular formula is C8H11F3O. The molecule has 0 radical (unpaired) electrons. The van der Waals surface area contributed by atoms with Gasteiger partial charge in [-0.25, -0.2) is 0 Å². The highest BCUT2D eigenvalue weighted by molar-refractivity contribution is 5.79. The van der Waals surface area contributed by atoms with Gasteiger partial charge in [-0.15, -0.1) is 0 Å². The molecule has 0 aromatic rings. The van der Waals surface area contributed by atoms with Gasteiger partial charge in [0, 0.05) is 12.8 Å². The number of alkyl halides is 3. The third-order valence-corrected chi connectivity index (χ3v) is 2.20. The van der Waals surface area contributed by atoms with Crippen LogP contribution in [0.3, 0.4) is 0 Å². The minimum absolute atomic E-state index is 0.106. The zero-order valence-corrected chi connectivity index (χ0v) is 6.82. The van der Waals surface area contributed by atoms with Crippen LogP contribution in [0, 0.1) is 11.8 Å². The van der Waals surface area contributed by atoms with Crippen molar-refractivity contribution in [1.82, 2.24) is 0 Å². The van der Waals surface area contributed by atoms with Crippen LogP contribution in [-0.4, -0.2) is 12.0 Å². The Hall–Kier alpha value is -0.540. The first-order valence-electron chi connectivity index (χ1n) is 3.98. The molecule has 1 aliphatic carbocycles. The minimum Gasteiger partial charge on any atom is -0.300 e. The van der Waals surface area contributed by atoms with Crippen LogP contribution in [0.2, 0.25) is 0 Å². The number of hydrogen-bond acceptors (Lipinski definition) is 1. The molecule has 0 bridgehead atoms. The Morgan fingerprint density at radius 2 is 1.92 bits per heavy atom. The van der Waals surface area contributed by atoms with E-state index in [-0.39, 0.29) is 24.5 Å². The van der Waals surface area contributed by atoms with Gasteiger partial charge in [0.15, 0.2) is 0 Å². The summed E-state index contributed by atoms with van der Waals surface area (Å²) in [4.78, 5) is 10.8. The average molecular weight is 180 g/mol. The molecule has 4 heteroatoms. The Kier molecular flexibility index (Phi) is 2.44. The van der Waals surface area contributed by atoms with Gasteiger partial charge in [0.1, 0.15) is 5.78 Å². The van der Waals surface area contributed by atoms with E-state index in [4.69, 9.17) is 0 Å². The maximum Gasteiger partial charge on any atom is 0.392 e. The van der Waals surface area contributed by atoms with E-state index in [1.54, 1.807) is 6.92 Å². The molecule has 2 atom stereocenters. The van der Waals surface area contributed by atoms with Crippen molar-refractivity contribution in [3.8, 4) is 0 Å². The minimum atomic E-state index is -4.19. The quantitative estimate of drug-likeness (QED) is 0.559. The maximum absolute atomic E-state index is 12.1. The summed E-state index contributed by atoms with van der Waals surface area (Å²) in [5.41, 5.74) is 0. The molecule has 0 spiro atoms. The van der Waals surface area contributed by atoms with Crippen LogP contribution >= 0.6 is 0 Å². The molecule has 0 saturated heterocycles. The lowest BCUT2D eigenvalue weighted by Crippen LogP contribution is -2.32. The number of Topliss-reactive ketones (excluding diaryl/α,β-unsaturated/α-hetero) is 1. The molecule has 70 valence electrons. The molecule has 1 nitrogen and oxygen atoms in total. The molecule has 0 N–H and O–H groups in total. The van der Waals surface area contributed by atoms with Gasteiger partial charge in [0.25, 0.3) is 0 Å². The second-order valence-electron chi connectivity index (χ2n) is 3.53. The summed E-state index contributed by atoms with van der Waals surface area (Å²) < 4.78 is 36.4. The van der Waals surface area contributed by atoms with Gasteiger partial charge in [0.2, 0.25) is 0 Å². The molecule has 1 fully saturated rings. The van der Waals surface area contributed by atoms with E-state index in [0.717, 1.165) is 0 Å². The standard InChI is InChI=1S/C8H11F3O/c1-5-2-6(8(9,10)11)4-7(12)3-5/h5-6H,2-4H2,1H3/t5-,6+/m0/s1. The summed E-state index contributed by atoms with van der Waals surface area (Å²) in [5.74, 6) is -1.76. The predicted molar refractivity (Wildman–Crippen MR) is 37.6 cm³/mol. The van der Waals surface area contributed by atoms with Gasteiger partial charge in [-0.1, -0.05) is 6.92 Å². The number of hydrogen-bond donors (Lipinski definition) is 0. The Morgan fingerprint density at radius 3 is 2.33 bits per heavy atom. The molecule has 1 rings (SSSR count). The monoisotopic (exact) mass is 180 g/mol. The molecule has 0 aliphatic heterocycles. The maximum atomic E-state index is 12.1. The molecule has 12 heavy (non-hydrogen) atoms. The second-order valence-corrected chi connectivity index (χ2v) is 3.53. The van der Waals surface area contributed by atoms with E-state index in [1.165, 1.54) is 0 Å². The van der Waals surface area contributed by atoms with Crippen molar-refractivity contribution in [3.05, 3.63) is 0 Å². The van der Waals surface area contributed by atoms with Crippen LogP contribution in [0.4, 0.5) is 13.2 Å². The molecule has 1 saturated carbocycles. The molecular weight excluding hydrogens is 169 g/mol. The summed E-state index contributed by atoms with van der Waals surface area (Å²) in [6.07, 6.45) is -4.08. The van der Waals surface area contributed by atoms with Gasteiger partial charge in [-0.3, -0.25) is 4.79 Å². The number of carbonyl (C=O) groups excluding carboxylic acids is 1. The van der Waals surface area contributed by atoms with Crippen LogP contribution < -0.4 is 0 Å². The van der Waals surface area contributed by atoms with Crippen LogP contribution in [0.1, 0.15) is 26.2 Å². The van der Waals surface area contributed by atoms with E-state index >= 15 is 0 Å². The zero-order valence-electron chi connectivity index (χ0n) is 6.82. The lowest BCUT2D eigenvalue weighted by molar-refractivity contribution is -0.186. The topological polar surface area (TPSA) is 17.1 Å². The van der Waals surface area contributed by atoms with Crippen LogP contribution in [-0.2, 0) is 4.79 Å². The van der Waals surface area contributed by atoms with Crippen molar-refractivity contribution in [2.24, 2.45) is 11.8 Å². The molecule has 0 heterocycles. The number of carbonyl (C=O) groups is 1. The summed E-state index contributed by atoms with van der Waals surface area (Å²) >= 11 is 0. The third-order valence-electron chi connectivity index (χ3n) is 2.20. The second kappa shape index (κ2) is 3.07. The normalized spacial score (nSPS) is 32.2. The smallest absolute Gasteiger partial charge is 0.300 e. The van der Waals surface area contributed by atoms with Gasteiger partial charge < -0.3 is 0 Å². The first-order valence-corrected chi connectivity index (χ1v) is 3.98. The largest absolute Gasteiger partial charge is 0.392 e. The number of rotatable bonds is 0. The van der Waals surface area contributed by atoms with E-state index in [9.17, 15) is 18.0 Å².